The smallest absolute Gasteiger partial charge is 0.251 e. The Balaban J connectivity index is 1.99. The van der Waals surface area contributed by atoms with Gasteiger partial charge in [0.05, 0.1) is 11.8 Å². The van der Waals surface area contributed by atoms with Crippen molar-refractivity contribution < 1.29 is 4.42 Å². The second-order valence-electron chi connectivity index (χ2n) is 3.55. The normalized spacial score (nSPS) is 10.6. The van der Waals surface area contributed by atoms with Gasteiger partial charge in [0.1, 0.15) is 0 Å². The summed E-state index contributed by atoms with van der Waals surface area (Å²) >= 11 is 0. The van der Waals surface area contributed by atoms with Gasteiger partial charge in [0.2, 0.25) is 5.89 Å². The minimum Gasteiger partial charge on any atom is -0.416 e. The topological polar surface area (TPSA) is 69.6 Å². The molecule has 3 rings (SSSR count). The Hall–Kier alpha value is -2.50. The SMILES string of the molecule is Cn1cc(-c2nnc(-c3ccncc3)o2)cn1. The van der Waals surface area contributed by atoms with Crippen LogP contribution in [-0.2, 0) is 7.05 Å². The fourth-order valence-corrected chi connectivity index (χ4v) is 1.48. The van der Waals surface area contributed by atoms with Gasteiger partial charge in [-0.15, -0.1) is 10.2 Å². The molecular weight excluding hydrogens is 218 g/mol. The first-order chi connectivity index (χ1) is 8.33. The molecule has 3 heterocycles. The molecule has 0 saturated carbocycles. The fraction of sp³-hybridized carbons (Fsp3) is 0.0909. The van der Waals surface area contributed by atoms with E-state index in [4.69, 9.17) is 4.42 Å². The van der Waals surface area contributed by atoms with Crippen LogP contribution in [0.2, 0.25) is 0 Å². The van der Waals surface area contributed by atoms with Gasteiger partial charge in [0.15, 0.2) is 0 Å². The molecule has 3 aromatic heterocycles. The van der Waals surface area contributed by atoms with Crippen LogP contribution in [0, 0.1) is 0 Å². The van der Waals surface area contributed by atoms with E-state index in [1.807, 2.05) is 25.4 Å². The van der Waals surface area contributed by atoms with E-state index in [-0.39, 0.29) is 0 Å². The van der Waals surface area contributed by atoms with Crippen LogP contribution in [0.5, 0.6) is 0 Å². The first kappa shape index (κ1) is 9.71. The summed E-state index contributed by atoms with van der Waals surface area (Å²) in [5.41, 5.74) is 1.66. The zero-order valence-electron chi connectivity index (χ0n) is 9.11. The average molecular weight is 227 g/mol. The minimum atomic E-state index is 0.463. The Labute approximate surface area is 96.9 Å². The summed E-state index contributed by atoms with van der Waals surface area (Å²) in [6.07, 6.45) is 6.88. The van der Waals surface area contributed by atoms with Crippen molar-refractivity contribution in [2.24, 2.45) is 7.05 Å². The van der Waals surface area contributed by atoms with Crippen LogP contribution in [0.1, 0.15) is 0 Å². The molecule has 0 bridgehead atoms. The number of hydrogen-bond acceptors (Lipinski definition) is 5. The molecule has 3 aromatic rings. The van der Waals surface area contributed by atoms with E-state index in [1.54, 1.807) is 23.3 Å². The maximum atomic E-state index is 5.57. The number of pyridine rings is 1. The first-order valence-electron chi connectivity index (χ1n) is 5.06. The third-order valence-electron chi connectivity index (χ3n) is 2.30. The Bertz CT molecular complexity index is 628. The molecule has 6 heteroatoms. The number of nitrogens with zero attached hydrogens (tertiary/aromatic N) is 5. The summed E-state index contributed by atoms with van der Waals surface area (Å²) in [5, 5.41) is 12.0. The van der Waals surface area contributed by atoms with Gasteiger partial charge in [-0.05, 0) is 12.1 Å². The van der Waals surface area contributed by atoms with E-state index in [2.05, 4.69) is 20.3 Å². The maximum Gasteiger partial charge on any atom is 0.251 e. The lowest BCUT2D eigenvalue weighted by Crippen LogP contribution is -1.84. The van der Waals surface area contributed by atoms with Crippen LogP contribution in [0.25, 0.3) is 22.9 Å². The number of aryl methyl sites for hydroxylation is 1. The maximum absolute atomic E-state index is 5.57. The number of rotatable bonds is 2. The van der Waals surface area contributed by atoms with Crippen molar-refractivity contribution >= 4 is 0 Å². The van der Waals surface area contributed by atoms with Crippen LogP contribution < -0.4 is 0 Å². The Morgan fingerprint density at radius 2 is 1.76 bits per heavy atom. The third-order valence-corrected chi connectivity index (χ3v) is 2.30. The fourth-order valence-electron chi connectivity index (χ4n) is 1.48. The van der Waals surface area contributed by atoms with E-state index in [0.29, 0.717) is 11.8 Å². The monoisotopic (exact) mass is 227 g/mol. The minimum absolute atomic E-state index is 0.463. The summed E-state index contributed by atoms with van der Waals surface area (Å²) in [4.78, 5) is 3.94. The summed E-state index contributed by atoms with van der Waals surface area (Å²) in [7, 11) is 1.84. The zero-order valence-corrected chi connectivity index (χ0v) is 9.11. The van der Waals surface area contributed by atoms with Crippen LogP contribution in [0.15, 0.2) is 41.3 Å². The molecule has 0 spiro atoms. The molecule has 0 radical (unpaired) electrons. The second-order valence-corrected chi connectivity index (χ2v) is 3.55. The standard InChI is InChI=1S/C11H9N5O/c1-16-7-9(6-13-16)11-15-14-10(17-11)8-2-4-12-5-3-8/h2-7H,1H3. The number of hydrogen-bond donors (Lipinski definition) is 0. The summed E-state index contributed by atoms with van der Waals surface area (Å²) in [5.74, 6) is 0.941. The van der Waals surface area contributed by atoms with E-state index in [0.717, 1.165) is 11.1 Å². The third kappa shape index (κ3) is 1.80. The van der Waals surface area contributed by atoms with Gasteiger partial charge in [0.25, 0.3) is 5.89 Å². The van der Waals surface area contributed by atoms with E-state index in [1.165, 1.54) is 0 Å². The highest BCUT2D eigenvalue weighted by molar-refractivity contribution is 5.55. The van der Waals surface area contributed by atoms with Crippen molar-refractivity contribution in [1.29, 1.82) is 0 Å². The van der Waals surface area contributed by atoms with Crippen LogP contribution in [0.4, 0.5) is 0 Å². The lowest BCUT2D eigenvalue weighted by Gasteiger charge is -1.91. The molecule has 0 atom stereocenters. The van der Waals surface area contributed by atoms with Crippen molar-refractivity contribution in [2.75, 3.05) is 0 Å². The Kier molecular flexibility index (Phi) is 2.18. The molecule has 0 N–H and O–H groups in total. The highest BCUT2D eigenvalue weighted by Crippen LogP contribution is 2.22. The van der Waals surface area contributed by atoms with Gasteiger partial charge in [0, 0.05) is 31.2 Å². The van der Waals surface area contributed by atoms with Crippen LogP contribution in [0.3, 0.4) is 0 Å². The number of aromatic nitrogens is 5. The van der Waals surface area contributed by atoms with Crippen molar-refractivity contribution in [3.8, 4) is 22.9 Å². The molecular formula is C11H9N5O. The van der Waals surface area contributed by atoms with E-state index >= 15 is 0 Å². The van der Waals surface area contributed by atoms with Gasteiger partial charge >= 0.3 is 0 Å². The van der Waals surface area contributed by atoms with Crippen LogP contribution in [-0.4, -0.2) is 25.0 Å². The lowest BCUT2D eigenvalue weighted by atomic mass is 10.3. The molecule has 0 saturated heterocycles. The summed E-state index contributed by atoms with van der Waals surface area (Å²) < 4.78 is 7.25. The summed E-state index contributed by atoms with van der Waals surface area (Å²) in [6, 6.07) is 3.64. The average Bonchev–Trinajstić information content (AvgIpc) is 2.98. The predicted molar refractivity (Wildman–Crippen MR) is 59.7 cm³/mol. The Morgan fingerprint density at radius 1 is 1.06 bits per heavy atom. The molecule has 6 nitrogen and oxygen atoms in total. The largest absolute Gasteiger partial charge is 0.416 e. The van der Waals surface area contributed by atoms with Crippen molar-refractivity contribution in [1.82, 2.24) is 25.0 Å². The molecule has 0 aliphatic rings. The Morgan fingerprint density at radius 3 is 2.41 bits per heavy atom. The molecule has 0 unspecified atom stereocenters. The van der Waals surface area contributed by atoms with Crippen molar-refractivity contribution in [3.63, 3.8) is 0 Å². The molecule has 0 amide bonds. The molecule has 0 fully saturated rings. The zero-order chi connectivity index (χ0) is 11.7. The van der Waals surface area contributed by atoms with Crippen molar-refractivity contribution in [3.05, 3.63) is 36.9 Å². The van der Waals surface area contributed by atoms with Gasteiger partial charge in [-0.25, -0.2) is 0 Å². The predicted octanol–water partition coefficient (Wildman–Crippen LogP) is 1.53. The lowest BCUT2D eigenvalue weighted by molar-refractivity contribution is 0.584. The summed E-state index contributed by atoms with van der Waals surface area (Å²) in [6.45, 7) is 0. The van der Waals surface area contributed by atoms with E-state index < -0.39 is 0 Å². The van der Waals surface area contributed by atoms with Gasteiger partial charge in [-0.1, -0.05) is 0 Å². The first-order valence-corrected chi connectivity index (χ1v) is 5.06. The molecule has 0 aliphatic carbocycles. The van der Waals surface area contributed by atoms with Gasteiger partial charge < -0.3 is 4.42 Å². The van der Waals surface area contributed by atoms with Crippen molar-refractivity contribution in [2.45, 2.75) is 0 Å². The van der Waals surface area contributed by atoms with Crippen LogP contribution >= 0.6 is 0 Å². The molecule has 0 aromatic carbocycles. The van der Waals surface area contributed by atoms with Gasteiger partial charge in [-0.3, -0.25) is 9.67 Å². The quantitative estimate of drug-likeness (QED) is 0.664. The molecule has 17 heavy (non-hydrogen) atoms. The molecule has 0 aliphatic heterocycles. The highest BCUT2D eigenvalue weighted by atomic mass is 16.4. The molecule has 84 valence electrons. The second kappa shape index (κ2) is 3.82. The van der Waals surface area contributed by atoms with E-state index in [9.17, 15) is 0 Å². The van der Waals surface area contributed by atoms with Gasteiger partial charge in [-0.2, -0.15) is 5.10 Å². The highest BCUT2D eigenvalue weighted by Gasteiger charge is 2.11.